The number of nitrogens with one attached hydrogen (secondary N) is 1. The standard InChI is InChI=1S/C16H21N3O4S/c1-16(2,3)23-15(21)19-6-7-22-10-11(19)9-18-14(20)13-5-4-12(8-17)24-13/h4-5,11H,6-7,9-10H2,1-3H3,(H,18,20)/t11-/m0/s1. The number of carbonyl (C=O) groups excluding carboxylic acids is 2. The van der Waals surface area contributed by atoms with E-state index < -0.39 is 11.7 Å². The molecule has 1 aromatic heterocycles. The lowest BCUT2D eigenvalue weighted by Crippen LogP contribution is -2.54. The lowest BCUT2D eigenvalue weighted by molar-refractivity contribution is -0.0314. The first-order valence-electron chi connectivity index (χ1n) is 7.65. The summed E-state index contributed by atoms with van der Waals surface area (Å²) in [6.45, 7) is 6.90. The van der Waals surface area contributed by atoms with Crippen LogP contribution in [-0.4, -0.2) is 54.8 Å². The number of amides is 2. The molecular formula is C16H21N3O4S. The van der Waals surface area contributed by atoms with E-state index in [-0.39, 0.29) is 18.5 Å². The van der Waals surface area contributed by atoms with Crippen molar-refractivity contribution < 1.29 is 19.1 Å². The topological polar surface area (TPSA) is 91.7 Å². The highest BCUT2D eigenvalue weighted by molar-refractivity contribution is 7.14. The Labute approximate surface area is 145 Å². The molecule has 0 bridgehead atoms. The van der Waals surface area contributed by atoms with Gasteiger partial charge in [-0.1, -0.05) is 0 Å². The summed E-state index contributed by atoms with van der Waals surface area (Å²) in [5.74, 6) is -0.267. The fourth-order valence-corrected chi connectivity index (χ4v) is 2.92. The largest absolute Gasteiger partial charge is 0.444 e. The molecule has 2 heterocycles. The van der Waals surface area contributed by atoms with E-state index in [0.717, 1.165) is 11.3 Å². The maximum Gasteiger partial charge on any atom is 0.410 e. The molecule has 1 aliphatic rings. The molecule has 8 heteroatoms. The Morgan fingerprint density at radius 1 is 1.50 bits per heavy atom. The number of hydrogen-bond acceptors (Lipinski definition) is 6. The predicted molar refractivity (Wildman–Crippen MR) is 88.9 cm³/mol. The van der Waals surface area contributed by atoms with E-state index in [1.807, 2.05) is 26.8 Å². The summed E-state index contributed by atoms with van der Waals surface area (Å²) >= 11 is 1.13. The molecule has 1 saturated heterocycles. The van der Waals surface area contributed by atoms with Gasteiger partial charge in [-0.05, 0) is 32.9 Å². The third kappa shape index (κ3) is 4.94. The summed E-state index contributed by atoms with van der Waals surface area (Å²) in [4.78, 5) is 27.0. The lowest BCUT2D eigenvalue weighted by Gasteiger charge is -2.36. The van der Waals surface area contributed by atoms with Crippen LogP contribution in [0.5, 0.6) is 0 Å². The summed E-state index contributed by atoms with van der Waals surface area (Å²) in [5.41, 5.74) is -0.576. The molecule has 0 radical (unpaired) electrons. The second-order valence-corrected chi connectivity index (χ2v) is 7.47. The molecule has 2 rings (SSSR count). The Morgan fingerprint density at radius 2 is 2.25 bits per heavy atom. The number of nitrogens with zero attached hydrogens (tertiary/aromatic N) is 2. The molecule has 1 fully saturated rings. The summed E-state index contributed by atoms with van der Waals surface area (Å²) in [7, 11) is 0. The van der Waals surface area contributed by atoms with Crippen LogP contribution in [0.1, 0.15) is 35.3 Å². The molecule has 1 atom stereocenters. The summed E-state index contributed by atoms with van der Waals surface area (Å²) in [6.07, 6.45) is -0.409. The highest BCUT2D eigenvalue weighted by Gasteiger charge is 2.31. The van der Waals surface area contributed by atoms with Crippen molar-refractivity contribution in [2.24, 2.45) is 0 Å². The van der Waals surface area contributed by atoms with Gasteiger partial charge in [-0.25, -0.2) is 4.79 Å². The zero-order valence-corrected chi connectivity index (χ0v) is 14.8. The van der Waals surface area contributed by atoms with Crippen molar-refractivity contribution in [1.29, 1.82) is 5.26 Å². The summed E-state index contributed by atoms with van der Waals surface area (Å²) < 4.78 is 10.8. The SMILES string of the molecule is CC(C)(C)OC(=O)N1CCOC[C@@H]1CNC(=O)c1ccc(C#N)s1. The van der Waals surface area contributed by atoms with Crippen LogP contribution in [-0.2, 0) is 9.47 Å². The van der Waals surface area contributed by atoms with Gasteiger partial charge in [0.1, 0.15) is 16.5 Å². The van der Waals surface area contributed by atoms with E-state index in [4.69, 9.17) is 14.7 Å². The summed E-state index contributed by atoms with van der Waals surface area (Å²) in [5, 5.41) is 11.6. The highest BCUT2D eigenvalue weighted by atomic mass is 32.1. The average molecular weight is 351 g/mol. The fourth-order valence-electron chi connectivity index (χ4n) is 2.20. The second kappa shape index (κ2) is 7.64. The number of hydrogen-bond donors (Lipinski definition) is 1. The molecule has 130 valence electrons. The van der Waals surface area contributed by atoms with E-state index >= 15 is 0 Å². The number of thiophene rings is 1. The number of carbonyl (C=O) groups is 2. The molecule has 1 aromatic rings. The number of morpholine rings is 1. The Kier molecular flexibility index (Phi) is 5.80. The molecule has 0 saturated carbocycles. The zero-order valence-electron chi connectivity index (χ0n) is 14.0. The van der Waals surface area contributed by atoms with Gasteiger partial charge >= 0.3 is 6.09 Å². The minimum absolute atomic E-state index is 0.262. The van der Waals surface area contributed by atoms with E-state index in [9.17, 15) is 9.59 Å². The Balaban J connectivity index is 1.94. The molecule has 1 aliphatic heterocycles. The van der Waals surface area contributed by atoms with Crippen LogP contribution in [0, 0.1) is 11.3 Å². The number of rotatable bonds is 3. The van der Waals surface area contributed by atoms with Crippen molar-refractivity contribution in [3.8, 4) is 6.07 Å². The average Bonchev–Trinajstić information content (AvgIpc) is 3.00. The second-order valence-electron chi connectivity index (χ2n) is 6.39. The van der Waals surface area contributed by atoms with Crippen LogP contribution in [0.3, 0.4) is 0 Å². The van der Waals surface area contributed by atoms with Crippen LogP contribution in [0.25, 0.3) is 0 Å². The van der Waals surface area contributed by atoms with Crippen molar-refractivity contribution in [3.63, 3.8) is 0 Å². The highest BCUT2D eigenvalue weighted by Crippen LogP contribution is 2.16. The van der Waals surface area contributed by atoms with E-state index in [2.05, 4.69) is 5.32 Å². The maximum absolute atomic E-state index is 12.3. The summed E-state index contributed by atoms with van der Waals surface area (Å²) in [6, 6.07) is 4.94. The van der Waals surface area contributed by atoms with Crippen molar-refractivity contribution in [2.75, 3.05) is 26.3 Å². The third-order valence-electron chi connectivity index (χ3n) is 3.29. The maximum atomic E-state index is 12.3. The van der Waals surface area contributed by atoms with Gasteiger partial charge in [0, 0.05) is 13.1 Å². The molecule has 1 N–H and O–H groups in total. The van der Waals surface area contributed by atoms with Gasteiger partial charge in [0.15, 0.2) is 0 Å². The Morgan fingerprint density at radius 3 is 2.88 bits per heavy atom. The molecule has 0 aliphatic carbocycles. The van der Waals surface area contributed by atoms with E-state index in [1.165, 1.54) is 0 Å². The van der Waals surface area contributed by atoms with Gasteiger partial charge in [-0.2, -0.15) is 5.26 Å². The molecule has 0 aromatic carbocycles. The van der Waals surface area contributed by atoms with E-state index in [1.54, 1.807) is 17.0 Å². The first-order valence-corrected chi connectivity index (χ1v) is 8.47. The van der Waals surface area contributed by atoms with Crippen molar-refractivity contribution >= 4 is 23.3 Å². The minimum Gasteiger partial charge on any atom is -0.444 e. The first-order chi connectivity index (χ1) is 11.3. The zero-order chi connectivity index (χ0) is 17.7. The molecule has 2 amide bonds. The van der Waals surface area contributed by atoms with Gasteiger partial charge in [0.05, 0.1) is 24.1 Å². The van der Waals surface area contributed by atoms with Gasteiger partial charge in [0.25, 0.3) is 5.91 Å². The quantitative estimate of drug-likeness (QED) is 0.899. The van der Waals surface area contributed by atoms with Crippen LogP contribution >= 0.6 is 11.3 Å². The fraction of sp³-hybridized carbons (Fsp3) is 0.562. The van der Waals surface area contributed by atoms with Gasteiger partial charge in [-0.15, -0.1) is 11.3 Å². The molecular weight excluding hydrogens is 330 g/mol. The van der Waals surface area contributed by atoms with Gasteiger partial charge in [-0.3, -0.25) is 9.69 Å². The lowest BCUT2D eigenvalue weighted by atomic mass is 10.2. The van der Waals surface area contributed by atoms with E-state index in [0.29, 0.717) is 29.5 Å². The van der Waals surface area contributed by atoms with Gasteiger partial charge in [0.2, 0.25) is 0 Å². The normalized spacial score (nSPS) is 17.9. The molecule has 7 nitrogen and oxygen atoms in total. The third-order valence-corrected chi connectivity index (χ3v) is 4.28. The van der Waals surface area contributed by atoms with Crippen molar-refractivity contribution in [1.82, 2.24) is 10.2 Å². The smallest absolute Gasteiger partial charge is 0.410 e. The van der Waals surface area contributed by atoms with Crippen molar-refractivity contribution in [3.05, 3.63) is 21.9 Å². The molecule has 24 heavy (non-hydrogen) atoms. The van der Waals surface area contributed by atoms with Crippen molar-refractivity contribution in [2.45, 2.75) is 32.4 Å². The van der Waals surface area contributed by atoms with Crippen LogP contribution in [0.4, 0.5) is 4.79 Å². The number of nitriles is 1. The van der Waals surface area contributed by atoms with Crippen LogP contribution in [0.2, 0.25) is 0 Å². The molecule has 0 spiro atoms. The van der Waals surface area contributed by atoms with Crippen LogP contribution < -0.4 is 5.32 Å². The van der Waals surface area contributed by atoms with Crippen LogP contribution in [0.15, 0.2) is 12.1 Å². The molecule has 0 unspecified atom stereocenters. The predicted octanol–water partition coefficient (Wildman–Crippen LogP) is 1.99. The Hall–Kier alpha value is -2.11. The first kappa shape index (κ1) is 18.2. The monoisotopic (exact) mass is 351 g/mol. The minimum atomic E-state index is -0.576. The number of ether oxygens (including phenoxy) is 2. The van der Waals surface area contributed by atoms with Gasteiger partial charge < -0.3 is 14.8 Å². The Bertz CT molecular complexity index is 644.